The van der Waals surface area contributed by atoms with Crippen molar-refractivity contribution in [1.82, 2.24) is 14.7 Å². The molecule has 0 atom stereocenters. The molecule has 0 N–H and O–H groups in total. The first-order valence-electron chi connectivity index (χ1n) is 5.54. The van der Waals surface area contributed by atoms with Crippen LogP contribution in [0.5, 0.6) is 0 Å². The van der Waals surface area contributed by atoms with Gasteiger partial charge in [0, 0.05) is 45.3 Å². The molecule has 2 rings (SSSR count). The van der Waals surface area contributed by atoms with Gasteiger partial charge < -0.3 is 9.80 Å². The number of amides is 1. The third kappa shape index (κ3) is 2.21. The summed E-state index contributed by atoms with van der Waals surface area (Å²) in [6, 6.07) is 0.586. The first kappa shape index (κ1) is 10.6. The highest BCUT2D eigenvalue weighted by Crippen LogP contribution is 2.16. The predicted octanol–water partition coefficient (Wildman–Crippen LogP) is -0.369. The smallest absolute Gasteiger partial charge is 0.246 e. The molecule has 0 aromatic carbocycles. The van der Waals surface area contributed by atoms with Gasteiger partial charge in [0.1, 0.15) is 0 Å². The number of hydrogen-bond donors (Lipinski definition) is 0. The Balaban J connectivity index is 1.75. The molecule has 4 nitrogen and oxygen atoms in total. The molecule has 0 aromatic heterocycles. The van der Waals surface area contributed by atoms with Gasteiger partial charge in [-0.3, -0.25) is 9.69 Å². The van der Waals surface area contributed by atoms with E-state index in [4.69, 9.17) is 0 Å². The summed E-state index contributed by atoms with van der Waals surface area (Å²) in [5.74, 6) is 0.0698. The van der Waals surface area contributed by atoms with Gasteiger partial charge in [-0.2, -0.15) is 0 Å². The maximum Gasteiger partial charge on any atom is 0.246 e. The Morgan fingerprint density at radius 2 is 1.87 bits per heavy atom. The number of nitrogens with zero attached hydrogens (tertiary/aromatic N) is 3. The molecule has 0 spiro atoms. The molecule has 0 bridgehead atoms. The van der Waals surface area contributed by atoms with Crippen molar-refractivity contribution in [3.63, 3.8) is 0 Å². The van der Waals surface area contributed by atoms with Crippen molar-refractivity contribution in [3.8, 4) is 0 Å². The van der Waals surface area contributed by atoms with Gasteiger partial charge in [0.05, 0.1) is 0 Å². The molecule has 0 aromatic rings. The zero-order valence-corrected chi connectivity index (χ0v) is 9.35. The van der Waals surface area contributed by atoms with Gasteiger partial charge in [-0.25, -0.2) is 0 Å². The SMILES string of the molecule is C=CC(=O)N1CC(N2CCN(C)CC2)C1. The van der Waals surface area contributed by atoms with E-state index in [0.717, 1.165) is 39.3 Å². The van der Waals surface area contributed by atoms with E-state index in [0.29, 0.717) is 6.04 Å². The van der Waals surface area contributed by atoms with Crippen molar-refractivity contribution in [2.45, 2.75) is 6.04 Å². The third-order valence-corrected chi connectivity index (χ3v) is 3.40. The molecule has 84 valence electrons. The van der Waals surface area contributed by atoms with E-state index < -0.39 is 0 Å². The van der Waals surface area contributed by atoms with Gasteiger partial charge in [-0.15, -0.1) is 0 Å². The largest absolute Gasteiger partial charge is 0.336 e. The summed E-state index contributed by atoms with van der Waals surface area (Å²) in [7, 11) is 2.16. The Labute approximate surface area is 91.1 Å². The molecule has 2 saturated heterocycles. The predicted molar refractivity (Wildman–Crippen MR) is 59.6 cm³/mol. The topological polar surface area (TPSA) is 26.8 Å². The van der Waals surface area contributed by atoms with Crippen LogP contribution in [0.3, 0.4) is 0 Å². The zero-order valence-electron chi connectivity index (χ0n) is 9.35. The maximum absolute atomic E-state index is 11.3. The van der Waals surface area contributed by atoms with Gasteiger partial charge >= 0.3 is 0 Å². The minimum Gasteiger partial charge on any atom is -0.336 e. The van der Waals surface area contributed by atoms with Crippen LogP contribution >= 0.6 is 0 Å². The van der Waals surface area contributed by atoms with Gasteiger partial charge in [0.2, 0.25) is 5.91 Å². The summed E-state index contributed by atoms with van der Waals surface area (Å²) in [6.45, 7) is 9.83. The normalized spacial score (nSPS) is 25.0. The lowest BCUT2D eigenvalue weighted by atomic mass is 10.1. The molecule has 2 aliphatic rings. The van der Waals surface area contributed by atoms with E-state index in [1.807, 2.05) is 4.90 Å². The van der Waals surface area contributed by atoms with Crippen LogP contribution in [0, 0.1) is 0 Å². The van der Waals surface area contributed by atoms with Crippen LogP contribution in [0.25, 0.3) is 0 Å². The first-order chi connectivity index (χ1) is 7.20. The highest BCUT2D eigenvalue weighted by Gasteiger charge is 2.34. The Kier molecular flexibility index (Phi) is 3.07. The molecule has 4 heteroatoms. The average Bonchev–Trinajstić information content (AvgIpc) is 2.18. The first-order valence-corrected chi connectivity index (χ1v) is 5.54. The molecule has 0 unspecified atom stereocenters. The summed E-state index contributed by atoms with van der Waals surface area (Å²) in [5.41, 5.74) is 0. The Bertz CT molecular complexity index is 253. The molecule has 2 heterocycles. The number of hydrogen-bond acceptors (Lipinski definition) is 3. The van der Waals surface area contributed by atoms with E-state index in [1.165, 1.54) is 6.08 Å². The van der Waals surface area contributed by atoms with Crippen molar-refractivity contribution in [2.75, 3.05) is 46.3 Å². The van der Waals surface area contributed by atoms with Crippen molar-refractivity contribution in [3.05, 3.63) is 12.7 Å². The van der Waals surface area contributed by atoms with Gasteiger partial charge in [-0.05, 0) is 13.1 Å². The van der Waals surface area contributed by atoms with E-state index in [9.17, 15) is 4.79 Å². The highest BCUT2D eigenvalue weighted by molar-refractivity contribution is 5.87. The summed E-state index contributed by atoms with van der Waals surface area (Å²) in [4.78, 5) is 18.0. The van der Waals surface area contributed by atoms with Crippen LogP contribution < -0.4 is 0 Å². The van der Waals surface area contributed by atoms with E-state index >= 15 is 0 Å². The van der Waals surface area contributed by atoms with E-state index in [2.05, 4.69) is 23.4 Å². The van der Waals surface area contributed by atoms with Crippen LogP contribution in [0.15, 0.2) is 12.7 Å². The summed E-state index contributed by atoms with van der Waals surface area (Å²) < 4.78 is 0. The van der Waals surface area contributed by atoms with Crippen LogP contribution in [0.2, 0.25) is 0 Å². The lowest BCUT2D eigenvalue weighted by Crippen LogP contribution is -2.63. The quantitative estimate of drug-likeness (QED) is 0.581. The van der Waals surface area contributed by atoms with Crippen LogP contribution in [0.1, 0.15) is 0 Å². The fourth-order valence-electron chi connectivity index (χ4n) is 2.18. The molecule has 0 radical (unpaired) electrons. The molecular formula is C11H19N3O. The second-order valence-corrected chi connectivity index (χ2v) is 4.44. The molecule has 1 amide bonds. The average molecular weight is 209 g/mol. The van der Waals surface area contributed by atoms with Gasteiger partial charge in [0.25, 0.3) is 0 Å². The number of carbonyl (C=O) groups is 1. The molecular weight excluding hydrogens is 190 g/mol. The lowest BCUT2D eigenvalue weighted by Gasteiger charge is -2.47. The summed E-state index contributed by atoms with van der Waals surface area (Å²) in [5, 5.41) is 0. The minimum atomic E-state index is 0.0698. The Morgan fingerprint density at radius 1 is 1.27 bits per heavy atom. The van der Waals surface area contributed by atoms with Crippen LogP contribution in [-0.2, 0) is 4.79 Å². The minimum absolute atomic E-state index is 0.0698. The zero-order chi connectivity index (χ0) is 10.8. The summed E-state index contributed by atoms with van der Waals surface area (Å²) in [6.07, 6.45) is 1.40. The lowest BCUT2D eigenvalue weighted by molar-refractivity contribution is -0.133. The van der Waals surface area contributed by atoms with Gasteiger partial charge in [-0.1, -0.05) is 6.58 Å². The standard InChI is InChI=1S/C11H19N3O/c1-3-11(15)14-8-10(9-14)13-6-4-12(2)5-7-13/h3,10H,1,4-9H2,2H3. The number of likely N-dealkylation sites (tertiary alicyclic amines) is 1. The van der Waals surface area contributed by atoms with Crippen LogP contribution in [0.4, 0.5) is 0 Å². The van der Waals surface area contributed by atoms with Crippen molar-refractivity contribution < 1.29 is 4.79 Å². The number of rotatable bonds is 2. The maximum atomic E-state index is 11.3. The molecule has 2 aliphatic heterocycles. The second-order valence-electron chi connectivity index (χ2n) is 4.44. The van der Waals surface area contributed by atoms with Crippen molar-refractivity contribution in [1.29, 1.82) is 0 Å². The fourth-order valence-corrected chi connectivity index (χ4v) is 2.18. The number of likely N-dealkylation sites (N-methyl/N-ethyl adjacent to an activating group) is 1. The molecule has 0 aliphatic carbocycles. The Morgan fingerprint density at radius 3 is 2.40 bits per heavy atom. The Hall–Kier alpha value is -0.870. The van der Waals surface area contributed by atoms with E-state index in [1.54, 1.807) is 0 Å². The fraction of sp³-hybridized carbons (Fsp3) is 0.727. The third-order valence-electron chi connectivity index (χ3n) is 3.40. The molecule has 15 heavy (non-hydrogen) atoms. The van der Waals surface area contributed by atoms with Crippen LogP contribution in [-0.4, -0.2) is 73.0 Å². The number of piperazine rings is 1. The number of carbonyl (C=O) groups excluding carboxylic acids is 1. The van der Waals surface area contributed by atoms with Gasteiger partial charge in [0.15, 0.2) is 0 Å². The van der Waals surface area contributed by atoms with Crippen molar-refractivity contribution in [2.24, 2.45) is 0 Å². The van der Waals surface area contributed by atoms with E-state index in [-0.39, 0.29) is 5.91 Å². The second kappa shape index (κ2) is 4.33. The molecule has 2 fully saturated rings. The monoisotopic (exact) mass is 209 g/mol. The highest BCUT2D eigenvalue weighted by atomic mass is 16.2. The summed E-state index contributed by atoms with van der Waals surface area (Å²) >= 11 is 0. The molecule has 0 saturated carbocycles. The van der Waals surface area contributed by atoms with Crippen molar-refractivity contribution >= 4 is 5.91 Å².